The minimum Gasteiger partial charge on any atom is -0.494 e. The van der Waals surface area contributed by atoms with Gasteiger partial charge in [0.05, 0.1) is 12.5 Å². The van der Waals surface area contributed by atoms with Crippen LogP contribution < -0.4 is 10.1 Å². The Morgan fingerprint density at radius 2 is 2.07 bits per heavy atom. The first-order valence-electron chi connectivity index (χ1n) is 8.94. The second-order valence-electron chi connectivity index (χ2n) is 6.34. The zero-order valence-corrected chi connectivity index (χ0v) is 16.0. The molecule has 1 aliphatic rings. The van der Waals surface area contributed by atoms with Crippen molar-refractivity contribution in [2.75, 3.05) is 25.0 Å². The molecule has 7 nitrogen and oxygen atoms in total. The third-order valence-electron chi connectivity index (χ3n) is 4.46. The maximum absolute atomic E-state index is 12.8. The maximum atomic E-state index is 12.8. The fourth-order valence-corrected chi connectivity index (χ4v) is 4.56. The van der Waals surface area contributed by atoms with E-state index < -0.39 is 15.9 Å². The Labute approximate surface area is 159 Å². The Kier molecular flexibility index (Phi) is 6.08. The molecule has 1 N–H and O–H groups in total. The number of amides is 1. The molecule has 0 bridgehead atoms. The van der Waals surface area contributed by atoms with Crippen molar-refractivity contribution >= 4 is 21.6 Å². The van der Waals surface area contributed by atoms with Crippen LogP contribution in [-0.4, -0.2) is 43.3 Å². The predicted octanol–water partition coefficient (Wildman–Crippen LogP) is 2.52. The first-order valence-corrected chi connectivity index (χ1v) is 10.4. The second kappa shape index (κ2) is 8.49. The highest BCUT2D eigenvalue weighted by Gasteiger charge is 2.33. The molecule has 1 atom stereocenters. The van der Waals surface area contributed by atoms with Gasteiger partial charge in [-0.1, -0.05) is 0 Å². The van der Waals surface area contributed by atoms with Crippen LogP contribution >= 0.6 is 0 Å². The van der Waals surface area contributed by atoms with Crippen LogP contribution in [0.5, 0.6) is 5.75 Å². The number of nitrogens with one attached hydrogen (secondary N) is 1. The number of sulfonamides is 1. The third kappa shape index (κ3) is 4.64. The van der Waals surface area contributed by atoms with Gasteiger partial charge in [-0.2, -0.15) is 4.31 Å². The van der Waals surface area contributed by atoms with Gasteiger partial charge in [0.25, 0.3) is 0 Å². The SMILES string of the molecule is CCOc1ccc(NC(=O)C2CCCN(S(=O)(=O)c3cccnc3)C2)cc1. The molecule has 2 heterocycles. The van der Waals surface area contributed by atoms with Gasteiger partial charge in [0, 0.05) is 31.2 Å². The monoisotopic (exact) mass is 389 g/mol. The minimum atomic E-state index is -3.64. The van der Waals surface area contributed by atoms with Gasteiger partial charge in [-0.05, 0) is 56.2 Å². The zero-order chi connectivity index (χ0) is 19.3. The number of pyridine rings is 1. The van der Waals surface area contributed by atoms with Gasteiger partial charge in [-0.25, -0.2) is 8.42 Å². The largest absolute Gasteiger partial charge is 0.494 e. The van der Waals surface area contributed by atoms with Crippen molar-refractivity contribution in [3.8, 4) is 5.75 Å². The average Bonchev–Trinajstić information content (AvgIpc) is 2.70. The summed E-state index contributed by atoms with van der Waals surface area (Å²) in [5.74, 6) is 0.170. The van der Waals surface area contributed by atoms with Crippen LogP contribution in [0.1, 0.15) is 19.8 Å². The predicted molar refractivity (Wildman–Crippen MR) is 102 cm³/mol. The quantitative estimate of drug-likeness (QED) is 0.820. The molecule has 0 radical (unpaired) electrons. The number of aromatic nitrogens is 1. The number of piperidine rings is 1. The fraction of sp³-hybridized carbons (Fsp3) is 0.368. The number of hydrogen-bond acceptors (Lipinski definition) is 5. The van der Waals surface area contributed by atoms with Crippen molar-refractivity contribution in [3.63, 3.8) is 0 Å². The highest BCUT2D eigenvalue weighted by atomic mass is 32.2. The van der Waals surface area contributed by atoms with Crippen LogP contribution in [0, 0.1) is 5.92 Å². The summed E-state index contributed by atoms with van der Waals surface area (Å²) in [5.41, 5.74) is 0.663. The van der Waals surface area contributed by atoms with E-state index in [1.165, 1.54) is 22.8 Å². The minimum absolute atomic E-state index is 0.151. The molecule has 27 heavy (non-hydrogen) atoms. The van der Waals surface area contributed by atoms with E-state index in [1.54, 1.807) is 30.3 Å². The zero-order valence-electron chi connectivity index (χ0n) is 15.2. The van der Waals surface area contributed by atoms with Gasteiger partial charge in [-0.3, -0.25) is 9.78 Å². The number of ether oxygens (including phenoxy) is 1. The number of anilines is 1. The smallest absolute Gasteiger partial charge is 0.244 e. The molecular weight excluding hydrogens is 366 g/mol. The van der Waals surface area contributed by atoms with Crippen LogP contribution in [0.3, 0.4) is 0 Å². The molecule has 1 unspecified atom stereocenters. The van der Waals surface area contributed by atoms with Crippen LogP contribution in [0.2, 0.25) is 0 Å². The van der Waals surface area contributed by atoms with Gasteiger partial charge in [0.15, 0.2) is 0 Å². The molecule has 144 valence electrons. The number of rotatable bonds is 6. The number of hydrogen-bond donors (Lipinski definition) is 1. The van der Waals surface area contributed by atoms with Crippen LogP contribution in [0.25, 0.3) is 0 Å². The van der Waals surface area contributed by atoms with Crippen molar-refractivity contribution in [1.29, 1.82) is 0 Å². The molecule has 1 aromatic heterocycles. The summed E-state index contributed by atoms with van der Waals surface area (Å²) in [6.07, 6.45) is 4.16. The molecule has 8 heteroatoms. The Morgan fingerprint density at radius 3 is 2.74 bits per heavy atom. The Balaban J connectivity index is 1.66. The van der Waals surface area contributed by atoms with E-state index >= 15 is 0 Å². The van der Waals surface area contributed by atoms with Crippen molar-refractivity contribution in [2.24, 2.45) is 5.92 Å². The molecule has 1 aromatic carbocycles. The first kappa shape index (κ1) is 19.3. The summed E-state index contributed by atoms with van der Waals surface area (Å²) in [4.78, 5) is 16.6. The van der Waals surface area contributed by atoms with E-state index in [2.05, 4.69) is 10.3 Å². The van der Waals surface area contributed by atoms with E-state index in [0.29, 0.717) is 31.7 Å². The molecule has 1 aliphatic heterocycles. The fourth-order valence-electron chi connectivity index (χ4n) is 3.07. The lowest BCUT2D eigenvalue weighted by molar-refractivity contribution is -0.120. The van der Waals surface area contributed by atoms with Crippen LogP contribution in [0.15, 0.2) is 53.7 Å². The molecule has 2 aromatic rings. The lowest BCUT2D eigenvalue weighted by Gasteiger charge is -2.31. The lowest BCUT2D eigenvalue weighted by Crippen LogP contribution is -2.43. The molecule has 1 fully saturated rings. The molecule has 1 amide bonds. The second-order valence-corrected chi connectivity index (χ2v) is 8.28. The summed E-state index contributed by atoms with van der Waals surface area (Å²) in [6, 6.07) is 10.2. The molecule has 3 rings (SSSR count). The molecule has 1 saturated heterocycles. The summed E-state index contributed by atoms with van der Waals surface area (Å²) >= 11 is 0. The van der Waals surface area contributed by atoms with Crippen LogP contribution in [-0.2, 0) is 14.8 Å². The molecular formula is C19H23N3O4S. The van der Waals surface area contributed by atoms with Gasteiger partial charge in [0.1, 0.15) is 10.6 Å². The first-order chi connectivity index (χ1) is 13.0. The number of carbonyl (C=O) groups excluding carboxylic acids is 1. The average molecular weight is 389 g/mol. The van der Waals surface area contributed by atoms with Crippen molar-refractivity contribution in [1.82, 2.24) is 9.29 Å². The van der Waals surface area contributed by atoms with E-state index in [9.17, 15) is 13.2 Å². The summed E-state index contributed by atoms with van der Waals surface area (Å²) in [6.45, 7) is 3.06. The Morgan fingerprint density at radius 1 is 1.30 bits per heavy atom. The van der Waals surface area contributed by atoms with E-state index in [4.69, 9.17) is 4.74 Å². The van der Waals surface area contributed by atoms with Crippen LogP contribution in [0.4, 0.5) is 5.69 Å². The highest BCUT2D eigenvalue weighted by molar-refractivity contribution is 7.89. The topological polar surface area (TPSA) is 88.6 Å². The lowest BCUT2D eigenvalue weighted by atomic mass is 9.99. The number of benzene rings is 1. The maximum Gasteiger partial charge on any atom is 0.244 e. The van der Waals surface area contributed by atoms with Gasteiger partial charge in [0.2, 0.25) is 15.9 Å². The van der Waals surface area contributed by atoms with E-state index in [0.717, 1.165) is 5.75 Å². The molecule has 0 spiro atoms. The summed E-state index contributed by atoms with van der Waals surface area (Å²) in [7, 11) is -3.64. The highest BCUT2D eigenvalue weighted by Crippen LogP contribution is 2.25. The standard InChI is InChI=1S/C19H23N3O4S/c1-2-26-17-9-7-16(8-10-17)21-19(23)15-5-4-12-22(14-15)27(24,25)18-6-3-11-20-13-18/h3,6-11,13,15H,2,4-5,12,14H2,1H3,(H,21,23). The molecule has 0 aliphatic carbocycles. The molecule has 0 saturated carbocycles. The number of nitrogens with zero attached hydrogens (tertiary/aromatic N) is 2. The van der Waals surface area contributed by atoms with Crippen molar-refractivity contribution < 1.29 is 17.9 Å². The Hall–Kier alpha value is -2.45. The summed E-state index contributed by atoms with van der Waals surface area (Å²) in [5, 5.41) is 2.86. The van der Waals surface area contributed by atoms with Gasteiger partial charge >= 0.3 is 0 Å². The van der Waals surface area contributed by atoms with E-state index in [1.807, 2.05) is 6.92 Å². The van der Waals surface area contributed by atoms with Crippen molar-refractivity contribution in [3.05, 3.63) is 48.8 Å². The number of carbonyl (C=O) groups is 1. The van der Waals surface area contributed by atoms with E-state index in [-0.39, 0.29) is 17.3 Å². The summed E-state index contributed by atoms with van der Waals surface area (Å²) < 4.78 is 32.3. The normalized spacial score (nSPS) is 18.0. The van der Waals surface area contributed by atoms with Crippen molar-refractivity contribution in [2.45, 2.75) is 24.7 Å². The Bertz CT molecular complexity index is 870. The third-order valence-corrected chi connectivity index (χ3v) is 6.31. The van der Waals surface area contributed by atoms with Gasteiger partial charge < -0.3 is 10.1 Å². The van der Waals surface area contributed by atoms with Gasteiger partial charge in [-0.15, -0.1) is 0 Å².